The molecule has 7 heteroatoms. The molecule has 2 N–H and O–H groups in total. The Hall–Kier alpha value is -0.0700. The third-order valence-electron chi connectivity index (χ3n) is 4.79. The largest absolute Gasteiger partial charge is 0.373 e. The summed E-state index contributed by atoms with van der Waals surface area (Å²) in [6.07, 6.45) is 4.32. The van der Waals surface area contributed by atoms with E-state index in [4.69, 9.17) is 10.5 Å². The van der Waals surface area contributed by atoms with Crippen LogP contribution in [-0.2, 0) is 9.53 Å². The van der Waals surface area contributed by atoms with Crippen molar-refractivity contribution in [2.75, 3.05) is 32.7 Å². The van der Waals surface area contributed by atoms with Crippen LogP contribution in [0.25, 0.3) is 0 Å². The Kier molecular flexibility index (Phi) is 11.5. The van der Waals surface area contributed by atoms with E-state index in [2.05, 4.69) is 18.7 Å². The number of nitrogens with zero attached hydrogens (tertiary/aromatic N) is 2. The van der Waals surface area contributed by atoms with E-state index in [-0.39, 0.29) is 36.8 Å². The van der Waals surface area contributed by atoms with Gasteiger partial charge in [0.05, 0.1) is 12.2 Å². The molecule has 2 rings (SSSR count). The van der Waals surface area contributed by atoms with Crippen molar-refractivity contribution in [1.29, 1.82) is 0 Å². The van der Waals surface area contributed by atoms with Gasteiger partial charge in [0.2, 0.25) is 5.91 Å². The van der Waals surface area contributed by atoms with Crippen LogP contribution >= 0.6 is 24.8 Å². The zero-order valence-corrected chi connectivity index (χ0v) is 16.9. The zero-order chi connectivity index (χ0) is 16.1. The molecule has 2 saturated heterocycles. The number of hydrogen-bond donors (Lipinski definition) is 1. The topological polar surface area (TPSA) is 58.8 Å². The van der Waals surface area contributed by atoms with Gasteiger partial charge in [0.25, 0.3) is 0 Å². The minimum atomic E-state index is 0. The SMILES string of the molecule is CC(N)CCC(=O)N1CCC(CN2CC(C)OC(C)C2)CC1.Cl.Cl. The molecular weight excluding hydrogens is 349 g/mol. The third-order valence-corrected chi connectivity index (χ3v) is 4.79. The number of morpholine rings is 1. The maximum atomic E-state index is 12.1. The van der Waals surface area contributed by atoms with E-state index >= 15 is 0 Å². The molecule has 5 nitrogen and oxygen atoms in total. The zero-order valence-electron chi connectivity index (χ0n) is 15.3. The van der Waals surface area contributed by atoms with Crippen molar-refractivity contribution >= 4 is 30.7 Å². The van der Waals surface area contributed by atoms with E-state index in [1.54, 1.807) is 0 Å². The Labute approximate surface area is 159 Å². The lowest BCUT2D eigenvalue weighted by molar-refractivity contribution is -0.133. The Morgan fingerprint density at radius 1 is 1.17 bits per heavy atom. The average molecular weight is 384 g/mol. The van der Waals surface area contributed by atoms with Crippen LogP contribution in [0.3, 0.4) is 0 Å². The van der Waals surface area contributed by atoms with Gasteiger partial charge in [-0.1, -0.05) is 0 Å². The first-order chi connectivity index (χ1) is 10.4. The minimum absolute atomic E-state index is 0. The molecule has 0 radical (unpaired) electrons. The number of carbonyl (C=O) groups excluding carboxylic acids is 1. The summed E-state index contributed by atoms with van der Waals surface area (Å²) in [5.41, 5.74) is 5.73. The van der Waals surface area contributed by atoms with Crippen molar-refractivity contribution in [3.05, 3.63) is 0 Å². The summed E-state index contributed by atoms with van der Waals surface area (Å²) in [7, 11) is 0. The van der Waals surface area contributed by atoms with Gasteiger partial charge >= 0.3 is 0 Å². The average Bonchev–Trinajstić information content (AvgIpc) is 2.44. The summed E-state index contributed by atoms with van der Waals surface area (Å²) in [6.45, 7) is 11.3. The van der Waals surface area contributed by atoms with Gasteiger partial charge in [0.15, 0.2) is 0 Å². The molecule has 2 heterocycles. The highest BCUT2D eigenvalue weighted by molar-refractivity contribution is 5.85. The number of likely N-dealkylation sites (tertiary alicyclic amines) is 1. The number of carbonyl (C=O) groups is 1. The number of ether oxygens (including phenoxy) is 1. The Bertz CT molecular complexity index is 354. The fraction of sp³-hybridized carbons (Fsp3) is 0.941. The van der Waals surface area contributed by atoms with Crippen LogP contribution in [0.2, 0.25) is 0 Å². The van der Waals surface area contributed by atoms with Crippen molar-refractivity contribution in [2.45, 2.75) is 64.7 Å². The predicted octanol–water partition coefficient (Wildman–Crippen LogP) is 2.31. The second kappa shape index (κ2) is 11.5. The van der Waals surface area contributed by atoms with Crippen LogP contribution < -0.4 is 5.73 Å². The molecule has 0 aromatic carbocycles. The molecule has 2 fully saturated rings. The highest BCUT2D eigenvalue weighted by Crippen LogP contribution is 2.21. The first kappa shape index (κ1) is 23.9. The van der Waals surface area contributed by atoms with Crippen molar-refractivity contribution in [2.24, 2.45) is 11.7 Å². The monoisotopic (exact) mass is 383 g/mol. The van der Waals surface area contributed by atoms with E-state index in [1.807, 2.05) is 11.8 Å². The number of halogens is 2. The Balaban J connectivity index is 0.00000264. The summed E-state index contributed by atoms with van der Waals surface area (Å²) in [6, 6.07) is 0.117. The molecule has 0 aromatic heterocycles. The molecule has 24 heavy (non-hydrogen) atoms. The van der Waals surface area contributed by atoms with Gasteiger partial charge in [-0.15, -0.1) is 24.8 Å². The number of piperidine rings is 1. The van der Waals surface area contributed by atoms with Crippen LogP contribution in [0, 0.1) is 5.92 Å². The van der Waals surface area contributed by atoms with Crippen LogP contribution in [0.15, 0.2) is 0 Å². The lowest BCUT2D eigenvalue weighted by atomic mass is 9.95. The van der Waals surface area contributed by atoms with E-state index in [1.165, 1.54) is 0 Å². The molecule has 2 aliphatic heterocycles. The van der Waals surface area contributed by atoms with Crippen molar-refractivity contribution in [3.8, 4) is 0 Å². The second-order valence-electron chi connectivity index (χ2n) is 7.32. The fourth-order valence-electron chi connectivity index (χ4n) is 3.67. The smallest absolute Gasteiger partial charge is 0.222 e. The highest BCUT2D eigenvalue weighted by Gasteiger charge is 2.27. The number of hydrogen-bond acceptors (Lipinski definition) is 4. The van der Waals surface area contributed by atoms with Gasteiger partial charge in [-0.2, -0.15) is 0 Å². The van der Waals surface area contributed by atoms with Crippen LogP contribution in [-0.4, -0.2) is 66.7 Å². The molecule has 0 bridgehead atoms. The predicted molar refractivity (Wildman–Crippen MR) is 103 cm³/mol. The van der Waals surface area contributed by atoms with Gasteiger partial charge in [-0.25, -0.2) is 0 Å². The molecule has 3 unspecified atom stereocenters. The van der Waals surface area contributed by atoms with Crippen LogP contribution in [0.1, 0.15) is 46.5 Å². The summed E-state index contributed by atoms with van der Waals surface area (Å²) in [5, 5.41) is 0. The van der Waals surface area contributed by atoms with Crippen molar-refractivity contribution in [1.82, 2.24) is 9.80 Å². The van der Waals surface area contributed by atoms with Crippen molar-refractivity contribution in [3.63, 3.8) is 0 Å². The first-order valence-electron chi connectivity index (χ1n) is 8.85. The van der Waals surface area contributed by atoms with Gasteiger partial charge in [-0.05, 0) is 46.0 Å². The van der Waals surface area contributed by atoms with Gasteiger partial charge in [-0.3, -0.25) is 9.69 Å². The third kappa shape index (κ3) is 7.87. The maximum absolute atomic E-state index is 12.1. The second-order valence-corrected chi connectivity index (χ2v) is 7.32. The van der Waals surface area contributed by atoms with Crippen molar-refractivity contribution < 1.29 is 9.53 Å². The molecule has 144 valence electrons. The standard InChI is InChI=1S/C17H33N3O2.2ClH/c1-13(18)4-5-17(21)20-8-6-16(7-9-20)12-19-10-14(2)22-15(3)11-19;;/h13-16H,4-12,18H2,1-3H3;2*1H. The minimum Gasteiger partial charge on any atom is -0.373 e. The molecule has 0 aromatic rings. The molecule has 0 saturated carbocycles. The molecule has 0 aliphatic carbocycles. The summed E-state index contributed by atoms with van der Waals surface area (Å²) < 4.78 is 5.80. The molecule has 1 amide bonds. The lowest BCUT2D eigenvalue weighted by Crippen LogP contribution is -2.48. The first-order valence-corrected chi connectivity index (χ1v) is 8.85. The lowest BCUT2D eigenvalue weighted by Gasteiger charge is -2.39. The summed E-state index contributed by atoms with van der Waals surface area (Å²) in [5.74, 6) is 0.999. The Morgan fingerprint density at radius 2 is 1.71 bits per heavy atom. The van der Waals surface area contributed by atoms with E-state index in [9.17, 15) is 4.79 Å². The number of amides is 1. The maximum Gasteiger partial charge on any atom is 0.222 e. The van der Waals surface area contributed by atoms with E-state index in [0.29, 0.717) is 18.6 Å². The molecule has 0 spiro atoms. The fourth-order valence-corrected chi connectivity index (χ4v) is 3.67. The quantitative estimate of drug-likeness (QED) is 0.790. The Morgan fingerprint density at radius 3 is 2.21 bits per heavy atom. The number of rotatable bonds is 5. The summed E-state index contributed by atoms with van der Waals surface area (Å²) >= 11 is 0. The van der Waals surface area contributed by atoms with Crippen LogP contribution in [0.5, 0.6) is 0 Å². The normalized spacial score (nSPS) is 27.1. The summed E-state index contributed by atoms with van der Waals surface area (Å²) in [4.78, 5) is 16.7. The van der Waals surface area contributed by atoms with E-state index in [0.717, 1.165) is 57.9 Å². The van der Waals surface area contributed by atoms with Crippen LogP contribution in [0.4, 0.5) is 0 Å². The van der Waals surface area contributed by atoms with E-state index < -0.39 is 0 Å². The molecule has 3 atom stereocenters. The molecular formula is C17H35Cl2N3O2. The van der Waals surface area contributed by atoms with Gasteiger partial charge in [0.1, 0.15) is 0 Å². The number of nitrogens with two attached hydrogens (primary N) is 1. The van der Waals surface area contributed by atoms with Gasteiger partial charge in [0, 0.05) is 45.2 Å². The highest BCUT2D eigenvalue weighted by atomic mass is 35.5. The molecule has 2 aliphatic rings. The van der Waals surface area contributed by atoms with Gasteiger partial charge < -0.3 is 15.4 Å².